The normalized spacial score (nSPS) is 11.4. The van der Waals surface area contributed by atoms with E-state index in [4.69, 9.17) is 0 Å². The summed E-state index contributed by atoms with van der Waals surface area (Å²) in [5.74, 6) is -0.386. The monoisotopic (exact) mass is 399 g/mol. The van der Waals surface area contributed by atoms with Crippen molar-refractivity contribution in [3.63, 3.8) is 0 Å². The van der Waals surface area contributed by atoms with Gasteiger partial charge in [0.2, 0.25) is 0 Å². The quantitative estimate of drug-likeness (QED) is 0.570. The van der Waals surface area contributed by atoms with Crippen LogP contribution in [0.5, 0.6) is 0 Å². The molecule has 1 N–H and O–H groups in total. The Morgan fingerprint density at radius 2 is 1.79 bits per heavy atom. The number of aromatic nitrogens is 6. The number of carbonyl (C=O) groups is 1. The minimum atomic E-state index is -4.52. The highest BCUT2D eigenvalue weighted by molar-refractivity contribution is 6.04. The average Bonchev–Trinajstić information content (AvgIpc) is 3.40. The van der Waals surface area contributed by atoms with E-state index >= 15 is 0 Å². The van der Waals surface area contributed by atoms with Gasteiger partial charge in [0.05, 0.1) is 17.6 Å². The number of carbonyl (C=O) groups excluding carboxylic acids is 1. The molecule has 11 heteroatoms. The molecule has 2 aromatic heterocycles. The van der Waals surface area contributed by atoms with Crippen LogP contribution in [0.2, 0.25) is 0 Å². The number of amides is 1. The van der Waals surface area contributed by atoms with E-state index in [1.54, 1.807) is 24.3 Å². The molecule has 0 radical (unpaired) electrons. The molecule has 0 bridgehead atoms. The summed E-state index contributed by atoms with van der Waals surface area (Å²) in [7, 11) is 0. The lowest BCUT2D eigenvalue weighted by molar-refractivity contribution is -0.142. The molecule has 146 valence electrons. The fourth-order valence-corrected chi connectivity index (χ4v) is 2.68. The van der Waals surface area contributed by atoms with Crippen molar-refractivity contribution in [1.29, 1.82) is 0 Å². The number of tetrazole rings is 1. The fraction of sp³-hybridized carbons (Fsp3) is 0.0556. The van der Waals surface area contributed by atoms with Gasteiger partial charge in [-0.3, -0.25) is 4.79 Å². The maximum Gasteiger partial charge on any atom is 0.433 e. The largest absolute Gasteiger partial charge is 0.433 e. The molecular formula is C18H12F3N7O. The number of nitrogens with zero attached hydrogens (tertiary/aromatic N) is 6. The molecule has 1 amide bonds. The summed E-state index contributed by atoms with van der Waals surface area (Å²) in [6.45, 7) is 0. The van der Waals surface area contributed by atoms with Gasteiger partial charge >= 0.3 is 6.18 Å². The van der Waals surface area contributed by atoms with Crippen molar-refractivity contribution in [3.05, 3.63) is 78.4 Å². The first kappa shape index (κ1) is 18.3. The Bertz CT molecular complexity index is 1130. The molecule has 4 aromatic rings. The second kappa shape index (κ2) is 7.19. The lowest BCUT2D eigenvalue weighted by Crippen LogP contribution is -2.14. The van der Waals surface area contributed by atoms with Crippen LogP contribution in [0, 0.1) is 0 Å². The fourth-order valence-electron chi connectivity index (χ4n) is 2.68. The van der Waals surface area contributed by atoms with E-state index in [2.05, 4.69) is 25.9 Å². The Hall–Kier alpha value is -4.02. The zero-order valence-electron chi connectivity index (χ0n) is 14.6. The van der Waals surface area contributed by atoms with Crippen LogP contribution in [0.25, 0.3) is 11.4 Å². The molecule has 0 aliphatic rings. The summed E-state index contributed by atoms with van der Waals surface area (Å²) in [5, 5.41) is 17.3. The van der Waals surface area contributed by atoms with Crippen LogP contribution < -0.4 is 5.32 Å². The molecule has 0 spiro atoms. The SMILES string of the molecule is O=C(Nc1ccc(-n2nccc2C(F)(F)F)cc1)c1cccc(-n2cnnn2)c1. The van der Waals surface area contributed by atoms with Gasteiger partial charge in [-0.25, -0.2) is 9.36 Å². The molecule has 0 aliphatic heterocycles. The summed E-state index contributed by atoms with van der Waals surface area (Å²) in [4.78, 5) is 12.5. The van der Waals surface area contributed by atoms with Crippen LogP contribution in [0.1, 0.15) is 16.1 Å². The Morgan fingerprint density at radius 3 is 2.48 bits per heavy atom. The Balaban J connectivity index is 1.52. The zero-order valence-corrected chi connectivity index (χ0v) is 14.6. The highest BCUT2D eigenvalue weighted by Gasteiger charge is 2.35. The number of benzene rings is 2. The van der Waals surface area contributed by atoms with E-state index in [1.165, 1.54) is 35.3 Å². The second-order valence-electron chi connectivity index (χ2n) is 5.93. The van der Waals surface area contributed by atoms with Crippen molar-refractivity contribution in [2.45, 2.75) is 6.18 Å². The predicted molar refractivity (Wildman–Crippen MR) is 95.7 cm³/mol. The summed E-state index contributed by atoms with van der Waals surface area (Å²) < 4.78 is 41.2. The minimum Gasteiger partial charge on any atom is -0.322 e. The number of anilines is 1. The van der Waals surface area contributed by atoms with Gasteiger partial charge < -0.3 is 5.32 Å². The first-order valence-corrected chi connectivity index (χ1v) is 8.28. The van der Waals surface area contributed by atoms with E-state index in [-0.39, 0.29) is 11.6 Å². The average molecular weight is 399 g/mol. The molecule has 4 rings (SSSR count). The van der Waals surface area contributed by atoms with Crippen LogP contribution in [0.3, 0.4) is 0 Å². The molecule has 29 heavy (non-hydrogen) atoms. The smallest absolute Gasteiger partial charge is 0.322 e. The van der Waals surface area contributed by atoms with Crippen LogP contribution in [-0.4, -0.2) is 35.9 Å². The number of halogens is 3. The molecule has 2 heterocycles. The number of nitrogens with one attached hydrogen (secondary N) is 1. The van der Waals surface area contributed by atoms with Gasteiger partial charge in [0.15, 0.2) is 0 Å². The molecule has 8 nitrogen and oxygen atoms in total. The lowest BCUT2D eigenvalue weighted by Gasteiger charge is -2.11. The van der Waals surface area contributed by atoms with Crippen molar-refractivity contribution in [2.75, 3.05) is 5.32 Å². The van der Waals surface area contributed by atoms with Gasteiger partial charge in [0.1, 0.15) is 12.0 Å². The number of hydrogen-bond acceptors (Lipinski definition) is 5. The Labute approximate surface area is 161 Å². The molecule has 0 saturated carbocycles. The van der Waals surface area contributed by atoms with Crippen LogP contribution >= 0.6 is 0 Å². The second-order valence-corrected chi connectivity index (χ2v) is 5.93. The highest BCUT2D eigenvalue weighted by atomic mass is 19.4. The van der Waals surface area contributed by atoms with Crippen molar-refractivity contribution >= 4 is 11.6 Å². The van der Waals surface area contributed by atoms with Crippen LogP contribution in [0.15, 0.2) is 67.1 Å². The molecule has 0 atom stereocenters. The Morgan fingerprint density at radius 1 is 1.00 bits per heavy atom. The summed E-state index contributed by atoms with van der Waals surface area (Å²) in [6.07, 6.45) is -2.04. The maximum atomic E-state index is 13.0. The molecular weight excluding hydrogens is 387 g/mol. The molecule has 0 fully saturated rings. The standard InChI is InChI=1S/C18H12F3N7O/c19-18(20,21)16-8-9-23-28(16)14-6-4-13(5-7-14)24-17(29)12-2-1-3-15(10-12)27-11-22-25-26-27/h1-11H,(H,24,29). The van der Waals surface area contributed by atoms with Crippen molar-refractivity contribution in [2.24, 2.45) is 0 Å². The highest BCUT2D eigenvalue weighted by Crippen LogP contribution is 2.30. The first-order chi connectivity index (χ1) is 13.9. The van der Waals surface area contributed by atoms with Gasteiger partial charge in [-0.2, -0.15) is 18.3 Å². The number of alkyl halides is 3. The maximum absolute atomic E-state index is 13.0. The summed E-state index contributed by atoms with van der Waals surface area (Å²) in [6, 6.07) is 13.4. The van der Waals surface area contributed by atoms with E-state index in [1.807, 2.05) is 0 Å². The molecule has 0 saturated heterocycles. The first-order valence-electron chi connectivity index (χ1n) is 8.28. The van der Waals surface area contributed by atoms with E-state index in [0.29, 0.717) is 16.9 Å². The van der Waals surface area contributed by atoms with Gasteiger partial charge in [0.25, 0.3) is 5.91 Å². The van der Waals surface area contributed by atoms with E-state index in [0.717, 1.165) is 16.9 Å². The van der Waals surface area contributed by atoms with Crippen molar-refractivity contribution < 1.29 is 18.0 Å². The summed E-state index contributed by atoms with van der Waals surface area (Å²) >= 11 is 0. The van der Waals surface area contributed by atoms with Crippen LogP contribution in [0.4, 0.5) is 18.9 Å². The van der Waals surface area contributed by atoms with E-state index < -0.39 is 11.9 Å². The third-order valence-corrected chi connectivity index (χ3v) is 4.02. The molecule has 0 unspecified atom stereocenters. The van der Waals surface area contributed by atoms with Gasteiger partial charge in [-0.1, -0.05) is 6.07 Å². The van der Waals surface area contributed by atoms with Gasteiger partial charge in [-0.15, -0.1) is 5.10 Å². The lowest BCUT2D eigenvalue weighted by atomic mass is 10.2. The van der Waals surface area contributed by atoms with Crippen molar-refractivity contribution in [1.82, 2.24) is 30.0 Å². The molecule has 2 aromatic carbocycles. The minimum absolute atomic E-state index is 0.223. The van der Waals surface area contributed by atoms with Crippen molar-refractivity contribution in [3.8, 4) is 11.4 Å². The Kier molecular flexibility index (Phi) is 4.55. The number of rotatable bonds is 4. The third-order valence-electron chi connectivity index (χ3n) is 4.02. The number of hydrogen-bond donors (Lipinski definition) is 1. The predicted octanol–water partition coefficient (Wildman–Crippen LogP) is 3.12. The summed E-state index contributed by atoms with van der Waals surface area (Å²) in [5.41, 5.74) is 0.742. The van der Waals surface area contributed by atoms with Crippen LogP contribution in [-0.2, 0) is 6.18 Å². The zero-order chi connectivity index (χ0) is 20.4. The molecule has 0 aliphatic carbocycles. The topological polar surface area (TPSA) is 90.5 Å². The van der Waals surface area contributed by atoms with Gasteiger partial charge in [-0.05, 0) is 59.0 Å². The third kappa shape index (κ3) is 3.83. The van der Waals surface area contributed by atoms with Gasteiger partial charge in [0, 0.05) is 11.3 Å². The van der Waals surface area contributed by atoms with E-state index in [9.17, 15) is 18.0 Å².